The van der Waals surface area contributed by atoms with E-state index in [9.17, 15) is 13.2 Å². The molecule has 9 heteroatoms. The van der Waals surface area contributed by atoms with Crippen LogP contribution in [0.3, 0.4) is 0 Å². The fraction of sp³-hybridized carbons (Fsp3) is 0.333. The van der Waals surface area contributed by atoms with Crippen LogP contribution >= 0.6 is 11.3 Å². The molecule has 4 rings (SSSR count). The third-order valence-corrected chi connectivity index (χ3v) is 7.18. The first kappa shape index (κ1) is 20.8. The number of ether oxygens (including phenoxy) is 2. The molecule has 1 aromatic heterocycles. The number of methoxy groups -OCH3 is 1. The molecule has 1 unspecified atom stereocenters. The van der Waals surface area contributed by atoms with E-state index in [0.29, 0.717) is 35.1 Å². The number of aromatic nitrogens is 1. The van der Waals surface area contributed by atoms with E-state index in [2.05, 4.69) is 4.98 Å². The van der Waals surface area contributed by atoms with Gasteiger partial charge in [-0.3, -0.25) is 9.69 Å². The highest BCUT2D eigenvalue weighted by Gasteiger charge is 2.27. The smallest absolute Gasteiger partial charge is 0.260 e. The molecule has 1 atom stereocenters. The van der Waals surface area contributed by atoms with Crippen LogP contribution in [0.15, 0.2) is 47.4 Å². The number of hydrogen-bond acceptors (Lipinski definition) is 7. The Bertz CT molecular complexity index is 1170. The third-order valence-electron chi connectivity index (χ3n) is 5.01. The maximum absolute atomic E-state index is 13.4. The molecule has 2 aromatic carbocycles. The molecule has 3 aromatic rings. The number of anilines is 1. The van der Waals surface area contributed by atoms with Gasteiger partial charge in [-0.15, -0.1) is 0 Å². The van der Waals surface area contributed by atoms with E-state index in [1.54, 1.807) is 12.0 Å². The van der Waals surface area contributed by atoms with E-state index in [1.807, 2.05) is 18.2 Å². The fourth-order valence-corrected chi connectivity index (χ4v) is 5.05. The third kappa shape index (κ3) is 4.19. The summed E-state index contributed by atoms with van der Waals surface area (Å²) in [6, 6.07) is 11.6. The summed E-state index contributed by atoms with van der Waals surface area (Å²) in [6.07, 6.45) is 2.93. The van der Waals surface area contributed by atoms with E-state index in [-0.39, 0.29) is 16.9 Å². The Labute approximate surface area is 179 Å². The van der Waals surface area contributed by atoms with Gasteiger partial charge in [0.25, 0.3) is 5.91 Å². The second-order valence-electron chi connectivity index (χ2n) is 7.15. The second-order valence-corrected chi connectivity index (χ2v) is 10.2. The van der Waals surface area contributed by atoms with E-state index in [0.717, 1.165) is 23.8 Å². The van der Waals surface area contributed by atoms with Crippen molar-refractivity contribution in [3.8, 4) is 5.75 Å². The van der Waals surface area contributed by atoms with Crippen LogP contribution in [-0.4, -0.2) is 51.9 Å². The predicted octanol–water partition coefficient (Wildman–Crippen LogP) is 3.53. The molecule has 1 aliphatic heterocycles. The van der Waals surface area contributed by atoms with Gasteiger partial charge in [-0.05, 0) is 49.2 Å². The van der Waals surface area contributed by atoms with E-state index in [4.69, 9.17) is 9.47 Å². The maximum Gasteiger partial charge on any atom is 0.260 e. The Morgan fingerprint density at radius 2 is 2.03 bits per heavy atom. The van der Waals surface area contributed by atoms with Crippen LogP contribution in [0.2, 0.25) is 0 Å². The van der Waals surface area contributed by atoms with Crippen molar-refractivity contribution in [2.24, 2.45) is 0 Å². The molecular weight excluding hydrogens is 424 g/mol. The van der Waals surface area contributed by atoms with Crippen LogP contribution in [0.25, 0.3) is 10.2 Å². The summed E-state index contributed by atoms with van der Waals surface area (Å²) in [5.41, 5.74) is 1.10. The number of rotatable bonds is 6. The van der Waals surface area contributed by atoms with Gasteiger partial charge in [-0.2, -0.15) is 0 Å². The largest absolute Gasteiger partial charge is 0.494 e. The lowest BCUT2D eigenvalue weighted by Crippen LogP contribution is -2.37. The molecule has 1 aliphatic rings. The SMILES string of the molecule is COc1cccc2sc(N(CC3CCCO3)C(=O)c3ccc(S(C)(=O)=O)cc3)nc12. The number of carbonyl (C=O) groups excluding carboxylic acids is 1. The summed E-state index contributed by atoms with van der Waals surface area (Å²) >= 11 is 1.41. The molecule has 7 nitrogen and oxygen atoms in total. The zero-order valence-electron chi connectivity index (χ0n) is 16.7. The Morgan fingerprint density at radius 1 is 1.27 bits per heavy atom. The molecule has 0 saturated carbocycles. The molecule has 0 bridgehead atoms. The Balaban J connectivity index is 1.71. The monoisotopic (exact) mass is 446 g/mol. The van der Waals surface area contributed by atoms with Gasteiger partial charge in [0, 0.05) is 18.4 Å². The van der Waals surface area contributed by atoms with Crippen LogP contribution in [0.1, 0.15) is 23.2 Å². The predicted molar refractivity (Wildman–Crippen MR) is 116 cm³/mol. The van der Waals surface area contributed by atoms with Gasteiger partial charge in [0.2, 0.25) is 0 Å². The highest BCUT2D eigenvalue weighted by molar-refractivity contribution is 7.90. The van der Waals surface area contributed by atoms with Crippen molar-refractivity contribution in [3.63, 3.8) is 0 Å². The van der Waals surface area contributed by atoms with Crippen molar-refractivity contribution in [3.05, 3.63) is 48.0 Å². The first-order valence-corrected chi connectivity index (χ1v) is 12.2. The fourth-order valence-electron chi connectivity index (χ4n) is 3.43. The van der Waals surface area contributed by atoms with Crippen molar-refractivity contribution in [1.82, 2.24) is 4.98 Å². The van der Waals surface area contributed by atoms with Gasteiger partial charge in [0.15, 0.2) is 15.0 Å². The normalized spacial score (nSPS) is 16.7. The number of fused-ring (bicyclic) bond motifs is 1. The number of benzene rings is 2. The van der Waals surface area contributed by atoms with Crippen molar-refractivity contribution in [2.75, 3.05) is 31.4 Å². The number of sulfone groups is 1. The zero-order valence-corrected chi connectivity index (χ0v) is 18.3. The summed E-state index contributed by atoms with van der Waals surface area (Å²) in [5, 5.41) is 0.558. The molecule has 2 heterocycles. The number of para-hydroxylation sites is 1. The van der Waals surface area contributed by atoms with Crippen molar-refractivity contribution < 1.29 is 22.7 Å². The van der Waals surface area contributed by atoms with Crippen LogP contribution in [-0.2, 0) is 14.6 Å². The van der Waals surface area contributed by atoms with Gasteiger partial charge in [-0.25, -0.2) is 13.4 Å². The highest BCUT2D eigenvalue weighted by atomic mass is 32.2. The first-order valence-electron chi connectivity index (χ1n) is 9.54. The number of carbonyl (C=O) groups is 1. The van der Waals surface area contributed by atoms with Gasteiger partial charge >= 0.3 is 0 Å². The molecule has 158 valence electrons. The van der Waals surface area contributed by atoms with Crippen molar-refractivity contribution in [1.29, 1.82) is 0 Å². The minimum Gasteiger partial charge on any atom is -0.494 e. The lowest BCUT2D eigenvalue weighted by molar-refractivity contribution is 0.0917. The van der Waals surface area contributed by atoms with Gasteiger partial charge in [0.1, 0.15) is 11.3 Å². The van der Waals surface area contributed by atoms with Gasteiger partial charge < -0.3 is 9.47 Å². The summed E-state index contributed by atoms with van der Waals surface area (Å²) in [4.78, 5) is 19.9. The van der Waals surface area contributed by atoms with Crippen LogP contribution in [0.5, 0.6) is 5.75 Å². The molecule has 0 spiro atoms. The quantitative estimate of drug-likeness (QED) is 0.576. The van der Waals surface area contributed by atoms with Crippen LogP contribution in [0.4, 0.5) is 5.13 Å². The second kappa shape index (κ2) is 8.33. The van der Waals surface area contributed by atoms with Crippen LogP contribution in [0, 0.1) is 0 Å². The minimum atomic E-state index is -3.33. The standard InChI is InChI=1S/C21H22N2O5S2/c1-27-17-6-3-7-18-19(17)22-21(29-18)23(13-15-5-4-12-28-15)20(24)14-8-10-16(11-9-14)30(2,25)26/h3,6-11,15H,4-5,12-13H2,1-2H3. The number of hydrogen-bond donors (Lipinski definition) is 0. The minimum absolute atomic E-state index is 0.0573. The Hall–Kier alpha value is -2.49. The molecule has 0 radical (unpaired) electrons. The van der Waals surface area contributed by atoms with Crippen LogP contribution < -0.4 is 9.64 Å². The molecule has 1 saturated heterocycles. The van der Waals surface area contributed by atoms with E-state index < -0.39 is 9.84 Å². The molecule has 0 aliphatic carbocycles. The Morgan fingerprint density at radius 3 is 2.67 bits per heavy atom. The number of amides is 1. The van der Waals surface area contributed by atoms with Crippen molar-refractivity contribution in [2.45, 2.75) is 23.8 Å². The molecular formula is C21H22N2O5S2. The van der Waals surface area contributed by atoms with Gasteiger partial charge in [-0.1, -0.05) is 17.4 Å². The molecule has 1 fully saturated rings. The average molecular weight is 447 g/mol. The topological polar surface area (TPSA) is 85.8 Å². The molecule has 0 N–H and O–H groups in total. The van der Waals surface area contributed by atoms with E-state index in [1.165, 1.54) is 35.6 Å². The van der Waals surface area contributed by atoms with Crippen molar-refractivity contribution >= 4 is 42.4 Å². The lowest BCUT2D eigenvalue weighted by atomic mass is 10.2. The average Bonchev–Trinajstić information content (AvgIpc) is 3.40. The Kier molecular flexibility index (Phi) is 5.77. The number of nitrogens with zero attached hydrogens (tertiary/aromatic N) is 2. The zero-order chi connectivity index (χ0) is 21.3. The van der Waals surface area contributed by atoms with E-state index >= 15 is 0 Å². The molecule has 30 heavy (non-hydrogen) atoms. The first-order chi connectivity index (χ1) is 14.4. The summed E-state index contributed by atoms with van der Waals surface area (Å²) in [5.74, 6) is 0.403. The number of thiazole rings is 1. The summed E-state index contributed by atoms with van der Waals surface area (Å²) < 4.78 is 35.5. The maximum atomic E-state index is 13.4. The summed E-state index contributed by atoms with van der Waals surface area (Å²) in [6.45, 7) is 1.07. The van der Waals surface area contributed by atoms with Gasteiger partial charge in [0.05, 0.1) is 29.4 Å². The highest BCUT2D eigenvalue weighted by Crippen LogP contribution is 2.35. The lowest BCUT2D eigenvalue weighted by Gasteiger charge is -2.23. The molecule has 1 amide bonds. The summed E-state index contributed by atoms with van der Waals surface area (Å²) in [7, 11) is -1.74.